The van der Waals surface area contributed by atoms with Gasteiger partial charge in [-0.25, -0.2) is 13.1 Å². The number of hydrogen-bond acceptors (Lipinski definition) is 3. The van der Waals surface area contributed by atoms with E-state index in [1.807, 2.05) is 6.92 Å². The first-order chi connectivity index (χ1) is 6.92. The maximum absolute atomic E-state index is 11.6. The van der Waals surface area contributed by atoms with Crippen LogP contribution < -0.4 is 4.72 Å². The molecule has 0 unspecified atom stereocenters. The lowest BCUT2D eigenvalue weighted by molar-refractivity contribution is 0.198. The van der Waals surface area contributed by atoms with Gasteiger partial charge in [0.2, 0.25) is 10.0 Å². The molecular formula is C10H15NO3S. The number of hydrogen-bond donors (Lipinski definition) is 2. The number of aliphatic hydroxyl groups excluding tert-OH is 1. The molecule has 5 heteroatoms. The first kappa shape index (κ1) is 12.2. The minimum absolute atomic E-state index is 0.0240. The van der Waals surface area contributed by atoms with Crippen molar-refractivity contribution in [3.63, 3.8) is 0 Å². The molecule has 1 aromatic rings. The van der Waals surface area contributed by atoms with E-state index in [0.717, 1.165) is 5.56 Å². The minimum Gasteiger partial charge on any atom is -0.392 e. The molecule has 4 nitrogen and oxygen atoms in total. The predicted molar refractivity (Wildman–Crippen MR) is 58.0 cm³/mol. The third-order valence-electron chi connectivity index (χ3n) is 1.90. The average molecular weight is 229 g/mol. The highest BCUT2D eigenvalue weighted by Crippen LogP contribution is 2.09. The molecule has 0 aromatic heterocycles. The molecule has 0 spiro atoms. The number of sulfonamides is 1. The average Bonchev–Trinajstić information content (AvgIpc) is 2.16. The summed E-state index contributed by atoms with van der Waals surface area (Å²) in [5, 5.41) is 8.98. The highest BCUT2D eigenvalue weighted by atomic mass is 32.2. The summed E-state index contributed by atoms with van der Waals surface area (Å²) in [5.74, 6) is 0. The molecule has 1 rings (SSSR count). The number of benzene rings is 1. The van der Waals surface area contributed by atoms with Crippen LogP contribution in [0.5, 0.6) is 0 Å². The molecule has 0 amide bonds. The summed E-state index contributed by atoms with van der Waals surface area (Å²) in [6.45, 7) is 3.44. The van der Waals surface area contributed by atoms with E-state index >= 15 is 0 Å². The van der Waals surface area contributed by atoms with Crippen LogP contribution in [0.25, 0.3) is 0 Å². The lowest BCUT2D eigenvalue weighted by Crippen LogP contribution is -2.30. The van der Waals surface area contributed by atoms with E-state index in [4.69, 9.17) is 5.11 Å². The Bertz CT molecular complexity index is 409. The number of nitrogens with one attached hydrogen (secondary N) is 1. The second kappa shape index (κ2) is 4.74. The Morgan fingerprint density at radius 2 is 1.87 bits per heavy atom. The van der Waals surface area contributed by atoms with Crippen LogP contribution in [-0.4, -0.2) is 26.2 Å². The van der Waals surface area contributed by atoms with Gasteiger partial charge in [0.15, 0.2) is 0 Å². The Morgan fingerprint density at radius 1 is 1.33 bits per heavy atom. The Labute approximate surface area is 90.0 Å². The van der Waals surface area contributed by atoms with E-state index in [-0.39, 0.29) is 11.4 Å². The third kappa shape index (κ3) is 3.62. The molecule has 15 heavy (non-hydrogen) atoms. The van der Waals surface area contributed by atoms with Gasteiger partial charge >= 0.3 is 0 Å². The summed E-state index contributed by atoms with van der Waals surface area (Å²) in [5.41, 5.74) is 1.00. The quantitative estimate of drug-likeness (QED) is 0.797. The summed E-state index contributed by atoms with van der Waals surface area (Å²) >= 11 is 0. The van der Waals surface area contributed by atoms with Gasteiger partial charge in [0.25, 0.3) is 0 Å². The van der Waals surface area contributed by atoms with Crippen molar-refractivity contribution in [2.75, 3.05) is 6.54 Å². The van der Waals surface area contributed by atoms with Crippen LogP contribution in [0, 0.1) is 6.92 Å². The van der Waals surface area contributed by atoms with Crippen molar-refractivity contribution in [2.45, 2.75) is 24.8 Å². The molecule has 2 N–H and O–H groups in total. The third-order valence-corrected chi connectivity index (χ3v) is 3.34. The van der Waals surface area contributed by atoms with Gasteiger partial charge in [-0.1, -0.05) is 17.7 Å². The molecule has 0 aliphatic rings. The van der Waals surface area contributed by atoms with Gasteiger partial charge in [0.05, 0.1) is 11.0 Å². The van der Waals surface area contributed by atoms with Crippen molar-refractivity contribution in [1.29, 1.82) is 0 Å². The zero-order chi connectivity index (χ0) is 11.5. The summed E-state index contributed by atoms with van der Waals surface area (Å²) in [6, 6.07) is 6.55. The highest BCUT2D eigenvalue weighted by molar-refractivity contribution is 7.89. The molecule has 0 aliphatic carbocycles. The van der Waals surface area contributed by atoms with Crippen LogP contribution in [-0.2, 0) is 10.0 Å². The summed E-state index contributed by atoms with van der Waals surface area (Å²) in [6.07, 6.45) is -0.690. The van der Waals surface area contributed by atoms with Crippen LogP contribution in [0.15, 0.2) is 29.2 Å². The van der Waals surface area contributed by atoms with Crippen molar-refractivity contribution < 1.29 is 13.5 Å². The van der Waals surface area contributed by atoms with Gasteiger partial charge in [0.1, 0.15) is 0 Å². The number of aryl methyl sites for hydroxylation is 1. The van der Waals surface area contributed by atoms with Crippen molar-refractivity contribution in [1.82, 2.24) is 4.72 Å². The zero-order valence-corrected chi connectivity index (χ0v) is 9.58. The Hall–Kier alpha value is -0.910. The van der Waals surface area contributed by atoms with Gasteiger partial charge < -0.3 is 5.11 Å². The van der Waals surface area contributed by atoms with Crippen LogP contribution in [0.3, 0.4) is 0 Å². The van der Waals surface area contributed by atoms with Gasteiger partial charge in [-0.15, -0.1) is 0 Å². The fourth-order valence-corrected chi connectivity index (χ4v) is 2.15. The first-order valence-electron chi connectivity index (χ1n) is 4.66. The second-order valence-electron chi connectivity index (χ2n) is 3.51. The normalized spacial score (nSPS) is 13.8. The van der Waals surface area contributed by atoms with E-state index < -0.39 is 16.1 Å². The molecule has 0 saturated heterocycles. The number of aliphatic hydroxyl groups is 1. The van der Waals surface area contributed by atoms with Gasteiger partial charge in [-0.2, -0.15) is 0 Å². The van der Waals surface area contributed by atoms with Gasteiger partial charge in [0, 0.05) is 6.54 Å². The van der Waals surface area contributed by atoms with E-state index in [9.17, 15) is 8.42 Å². The monoisotopic (exact) mass is 229 g/mol. The molecule has 0 aliphatic heterocycles. The standard InChI is InChI=1S/C10H15NO3S/c1-8-3-5-10(6-4-8)15(13,14)11-7-9(2)12/h3-6,9,11-12H,7H2,1-2H3/t9-/m0/s1. The number of rotatable bonds is 4. The Balaban J connectivity index is 2.82. The van der Waals surface area contributed by atoms with Crippen molar-refractivity contribution >= 4 is 10.0 Å². The Kier molecular flexibility index (Phi) is 3.84. The lowest BCUT2D eigenvalue weighted by atomic mass is 10.2. The smallest absolute Gasteiger partial charge is 0.240 e. The minimum atomic E-state index is -3.48. The fourth-order valence-electron chi connectivity index (χ4n) is 1.03. The fraction of sp³-hybridized carbons (Fsp3) is 0.400. The highest BCUT2D eigenvalue weighted by Gasteiger charge is 2.13. The molecule has 1 aromatic carbocycles. The topological polar surface area (TPSA) is 66.4 Å². The molecule has 84 valence electrons. The SMILES string of the molecule is Cc1ccc(S(=O)(=O)NC[C@H](C)O)cc1. The molecule has 0 bridgehead atoms. The van der Waals surface area contributed by atoms with Crippen molar-refractivity contribution in [3.05, 3.63) is 29.8 Å². The van der Waals surface area contributed by atoms with Crippen LogP contribution in [0.4, 0.5) is 0 Å². The molecule has 0 fully saturated rings. The summed E-state index contributed by atoms with van der Waals surface area (Å²) in [4.78, 5) is 0.216. The maximum Gasteiger partial charge on any atom is 0.240 e. The summed E-state index contributed by atoms with van der Waals surface area (Å²) < 4.78 is 25.6. The second-order valence-corrected chi connectivity index (χ2v) is 5.28. The zero-order valence-electron chi connectivity index (χ0n) is 8.77. The molecule has 0 radical (unpaired) electrons. The molecular weight excluding hydrogens is 214 g/mol. The predicted octanol–water partition coefficient (Wildman–Crippen LogP) is 0.654. The summed E-state index contributed by atoms with van der Waals surface area (Å²) in [7, 11) is -3.48. The van der Waals surface area contributed by atoms with Crippen LogP contribution in [0.1, 0.15) is 12.5 Å². The Morgan fingerprint density at radius 3 is 2.33 bits per heavy atom. The molecule has 1 atom stereocenters. The van der Waals surface area contributed by atoms with Crippen molar-refractivity contribution in [2.24, 2.45) is 0 Å². The maximum atomic E-state index is 11.6. The van der Waals surface area contributed by atoms with E-state index in [1.54, 1.807) is 24.3 Å². The van der Waals surface area contributed by atoms with E-state index in [0.29, 0.717) is 0 Å². The van der Waals surface area contributed by atoms with Gasteiger partial charge in [-0.05, 0) is 26.0 Å². The molecule has 0 saturated carbocycles. The lowest BCUT2D eigenvalue weighted by Gasteiger charge is -2.08. The van der Waals surface area contributed by atoms with Gasteiger partial charge in [-0.3, -0.25) is 0 Å². The van der Waals surface area contributed by atoms with E-state index in [2.05, 4.69) is 4.72 Å². The van der Waals surface area contributed by atoms with Crippen molar-refractivity contribution in [3.8, 4) is 0 Å². The van der Waals surface area contributed by atoms with E-state index in [1.165, 1.54) is 6.92 Å². The first-order valence-corrected chi connectivity index (χ1v) is 6.14. The van der Waals surface area contributed by atoms with Crippen LogP contribution >= 0.6 is 0 Å². The largest absolute Gasteiger partial charge is 0.392 e. The van der Waals surface area contributed by atoms with Crippen LogP contribution in [0.2, 0.25) is 0 Å². The molecule has 0 heterocycles.